The zero-order valence-corrected chi connectivity index (χ0v) is 30.2. The highest BCUT2D eigenvalue weighted by atomic mass is 16.6. The molecule has 0 aromatic rings. The van der Waals surface area contributed by atoms with E-state index >= 15 is 0 Å². The lowest BCUT2D eigenvalue weighted by Gasteiger charge is -2.19. The first-order chi connectivity index (χ1) is 21.9. The van der Waals surface area contributed by atoms with Crippen LogP contribution in [-0.2, 0) is 23.7 Å². The molecule has 0 aliphatic heterocycles. The SMILES string of the molecule is CCCCCCCCCCCCCCCCOCC(O)CNC(C)COCCOC(C)COCC(C)NCC(O)COCCC. The van der Waals surface area contributed by atoms with Gasteiger partial charge in [-0.15, -0.1) is 0 Å². The second-order valence-electron chi connectivity index (χ2n) is 13.0. The molecule has 0 radical (unpaired) electrons. The summed E-state index contributed by atoms with van der Waals surface area (Å²) >= 11 is 0. The monoisotopic (exact) mass is 649 g/mol. The van der Waals surface area contributed by atoms with Crippen molar-refractivity contribution in [1.82, 2.24) is 10.6 Å². The van der Waals surface area contributed by atoms with Gasteiger partial charge in [0, 0.05) is 38.4 Å². The first kappa shape index (κ1) is 44.6. The normalized spacial score (nSPS) is 15.3. The minimum absolute atomic E-state index is 0.0240. The van der Waals surface area contributed by atoms with E-state index in [0.717, 1.165) is 19.4 Å². The fourth-order valence-corrected chi connectivity index (χ4v) is 4.92. The Balaban J connectivity index is 3.46. The first-order valence-corrected chi connectivity index (χ1v) is 18.6. The van der Waals surface area contributed by atoms with Gasteiger partial charge in [-0.3, -0.25) is 0 Å². The number of rotatable bonds is 37. The van der Waals surface area contributed by atoms with Gasteiger partial charge in [0.25, 0.3) is 0 Å². The minimum Gasteiger partial charge on any atom is -0.389 e. The Morgan fingerprint density at radius 2 is 0.889 bits per heavy atom. The van der Waals surface area contributed by atoms with Crippen LogP contribution in [0.15, 0.2) is 0 Å². The van der Waals surface area contributed by atoms with Crippen molar-refractivity contribution in [3.8, 4) is 0 Å². The van der Waals surface area contributed by atoms with Gasteiger partial charge in [-0.1, -0.05) is 97.3 Å². The third-order valence-electron chi connectivity index (χ3n) is 7.73. The summed E-state index contributed by atoms with van der Waals surface area (Å²) < 4.78 is 28.3. The highest BCUT2D eigenvalue weighted by Crippen LogP contribution is 2.13. The van der Waals surface area contributed by atoms with Gasteiger partial charge in [0.15, 0.2) is 0 Å². The molecule has 0 aliphatic rings. The Bertz CT molecular complexity index is 576. The van der Waals surface area contributed by atoms with Crippen LogP contribution in [-0.4, -0.2) is 113 Å². The van der Waals surface area contributed by atoms with E-state index in [1.54, 1.807) is 0 Å². The fourth-order valence-electron chi connectivity index (χ4n) is 4.92. The Labute approximate surface area is 278 Å². The van der Waals surface area contributed by atoms with Gasteiger partial charge in [0.05, 0.1) is 64.6 Å². The molecule has 272 valence electrons. The molecule has 4 N–H and O–H groups in total. The average molecular weight is 649 g/mol. The molecule has 0 saturated carbocycles. The minimum atomic E-state index is -0.508. The van der Waals surface area contributed by atoms with Crippen molar-refractivity contribution in [2.24, 2.45) is 0 Å². The quantitative estimate of drug-likeness (QED) is 0.0601. The Kier molecular flexibility index (Phi) is 34.7. The van der Waals surface area contributed by atoms with Crippen molar-refractivity contribution in [3.63, 3.8) is 0 Å². The molecule has 0 saturated heterocycles. The van der Waals surface area contributed by atoms with Crippen LogP contribution in [0, 0.1) is 0 Å². The van der Waals surface area contributed by atoms with E-state index < -0.39 is 12.2 Å². The van der Waals surface area contributed by atoms with Gasteiger partial charge in [-0.25, -0.2) is 0 Å². The first-order valence-electron chi connectivity index (χ1n) is 18.6. The van der Waals surface area contributed by atoms with Gasteiger partial charge in [0.2, 0.25) is 0 Å². The van der Waals surface area contributed by atoms with E-state index in [4.69, 9.17) is 23.7 Å². The van der Waals surface area contributed by atoms with Crippen LogP contribution in [0.5, 0.6) is 0 Å². The van der Waals surface area contributed by atoms with E-state index in [1.165, 1.54) is 83.5 Å². The summed E-state index contributed by atoms with van der Waals surface area (Å²) in [6.45, 7) is 16.1. The Morgan fingerprint density at radius 1 is 0.444 bits per heavy atom. The lowest BCUT2D eigenvalue weighted by molar-refractivity contribution is -0.0349. The van der Waals surface area contributed by atoms with Crippen LogP contribution in [0.1, 0.15) is 131 Å². The van der Waals surface area contributed by atoms with Crippen molar-refractivity contribution in [3.05, 3.63) is 0 Å². The molecule has 0 bridgehead atoms. The molecule has 0 spiro atoms. The summed E-state index contributed by atoms with van der Waals surface area (Å²) in [7, 11) is 0. The predicted octanol–water partition coefficient (Wildman–Crippen LogP) is 6.03. The molecular formula is C36H76N2O7. The second-order valence-corrected chi connectivity index (χ2v) is 13.0. The maximum absolute atomic E-state index is 10.2. The second kappa shape index (κ2) is 35.0. The Hall–Kier alpha value is -0.360. The van der Waals surface area contributed by atoms with Gasteiger partial charge in [-0.2, -0.15) is 0 Å². The number of nitrogens with one attached hydrogen (secondary N) is 2. The topological polar surface area (TPSA) is 111 Å². The van der Waals surface area contributed by atoms with Crippen molar-refractivity contribution in [2.75, 3.05) is 72.6 Å². The summed E-state index contributed by atoms with van der Waals surface area (Å²) in [5.74, 6) is 0. The third-order valence-corrected chi connectivity index (χ3v) is 7.73. The van der Waals surface area contributed by atoms with Crippen LogP contribution >= 0.6 is 0 Å². The lowest BCUT2D eigenvalue weighted by atomic mass is 10.0. The van der Waals surface area contributed by atoms with E-state index in [0.29, 0.717) is 65.9 Å². The third kappa shape index (κ3) is 34.8. The van der Waals surface area contributed by atoms with Gasteiger partial charge >= 0.3 is 0 Å². The number of ether oxygens (including phenoxy) is 5. The molecule has 5 unspecified atom stereocenters. The molecule has 0 aromatic heterocycles. The maximum atomic E-state index is 10.2. The molecule has 5 atom stereocenters. The fraction of sp³-hybridized carbons (Fsp3) is 1.00. The number of hydrogen-bond donors (Lipinski definition) is 4. The van der Waals surface area contributed by atoms with Gasteiger partial charge < -0.3 is 44.5 Å². The number of unbranched alkanes of at least 4 members (excludes halogenated alkanes) is 13. The number of hydrogen-bond acceptors (Lipinski definition) is 9. The van der Waals surface area contributed by atoms with Crippen LogP contribution < -0.4 is 10.6 Å². The van der Waals surface area contributed by atoms with E-state index in [-0.39, 0.29) is 18.2 Å². The van der Waals surface area contributed by atoms with Crippen molar-refractivity contribution in [1.29, 1.82) is 0 Å². The number of aliphatic hydroxyl groups is 2. The maximum Gasteiger partial charge on any atom is 0.0897 e. The summed E-state index contributed by atoms with van der Waals surface area (Å²) in [6.07, 6.45) is 18.8. The summed E-state index contributed by atoms with van der Waals surface area (Å²) in [5, 5.41) is 26.7. The van der Waals surface area contributed by atoms with Gasteiger partial charge in [-0.05, 0) is 33.6 Å². The van der Waals surface area contributed by atoms with Crippen molar-refractivity contribution < 1.29 is 33.9 Å². The average Bonchev–Trinajstić information content (AvgIpc) is 3.02. The van der Waals surface area contributed by atoms with E-state index in [2.05, 4.69) is 17.6 Å². The van der Waals surface area contributed by atoms with Crippen LogP contribution in [0.2, 0.25) is 0 Å². The number of aliphatic hydroxyl groups excluding tert-OH is 2. The molecule has 9 heteroatoms. The van der Waals surface area contributed by atoms with Gasteiger partial charge in [0.1, 0.15) is 0 Å². The van der Waals surface area contributed by atoms with Crippen molar-refractivity contribution >= 4 is 0 Å². The smallest absolute Gasteiger partial charge is 0.0897 e. The highest BCUT2D eigenvalue weighted by Gasteiger charge is 2.10. The largest absolute Gasteiger partial charge is 0.389 e. The van der Waals surface area contributed by atoms with Crippen LogP contribution in [0.3, 0.4) is 0 Å². The molecule has 0 aliphatic carbocycles. The zero-order chi connectivity index (χ0) is 33.2. The van der Waals surface area contributed by atoms with Crippen molar-refractivity contribution in [2.45, 2.75) is 161 Å². The van der Waals surface area contributed by atoms with E-state index in [1.807, 2.05) is 27.7 Å². The standard InChI is InChI=1S/C36H76N2O7/c1-6-8-9-10-11-12-13-14-15-16-17-18-19-20-22-42-31-36(40)26-37-32(3)27-43-23-24-45-34(5)29-44-28-33(4)38-25-35(39)30-41-21-7-2/h32-40H,6-31H2,1-5H3. The van der Waals surface area contributed by atoms with E-state index in [9.17, 15) is 10.2 Å². The molecule has 9 nitrogen and oxygen atoms in total. The molecule has 0 amide bonds. The Morgan fingerprint density at radius 3 is 1.40 bits per heavy atom. The van der Waals surface area contributed by atoms with Crippen LogP contribution in [0.4, 0.5) is 0 Å². The summed E-state index contributed by atoms with van der Waals surface area (Å²) in [6, 6.07) is 0.270. The molecule has 0 aromatic carbocycles. The predicted molar refractivity (Wildman–Crippen MR) is 186 cm³/mol. The van der Waals surface area contributed by atoms with Crippen LogP contribution in [0.25, 0.3) is 0 Å². The molecular weight excluding hydrogens is 572 g/mol. The molecule has 0 rings (SSSR count). The zero-order valence-electron chi connectivity index (χ0n) is 30.2. The molecule has 45 heavy (non-hydrogen) atoms. The molecule has 0 fully saturated rings. The summed E-state index contributed by atoms with van der Waals surface area (Å²) in [4.78, 5) is 0. The summed E-state index contributed by atoms with van der Waals surface area (Å²) in [5.41, 5.74) is 0. The molecule has 0 heterocycles. The highest BCUT2D eigenvalue weighted by molar-refractivity contribution is 4.66. The lowest BCUT2D eigenvalue weighted by Crippen LogP contribution is -2.39.